The second-order valence-corrected chi connectivity index (χ2v) is 9.25. The van der Waals surface area contributed by atoms with E-state index in [4.69, 9.17) is 11.6 Å². The topological polar surface area (TPSA) is 57.7 Å². The summed E-state index contributed by atoms with van der Waals surface area (Å²) >= 11 is 6.05. The van der Waals surface area contributed by atoms with E-state index in [0.717, 1.165) is 12.8 Å². The Morgan fingerprint density at radius 2 is 1.88 bits per heavy atom. The summed E-state index contributed by atoms with van der Waals surface area (Å²) < 4.78 is 37.9. The van der Waals surface area contributed by atoms with Gasteiger partial charge in [0.15, 0.2) is 9.84 Å². The Morgan fingerprint density at radius 3 is 2.50 bits per heavy atom. The van der Waals surface area contributed by atoms with Crippen molar-refractivity contribution in [2.24, 2.45) is 0 Å². The van der Waals surface area contributed by atoms with Crippen LogP contribution in [0.15, 0.2) is 18.2 Å². The first kappa shape index (κ1) is 21.1. The van der Waals surface area contributed by atoms with Crippen molar-refractivity contribution in [1.82, 2.24) is 9.80 Å². The van der Waals surface area contributed by atoms with Crippen LogP contribution in [0.25, 0.3) is 0 Å². The van der Waals surface area contributed by atoms with E-state index in [2.05, 4.69) is 0 Å². The van der Waals surface area contributed by atoms with E-state index in [-0.39, 0.29) is 17.5 Å². The van der Waals surface area contributed by atoms with Crippen LogP contribution in [-0.4, -0.2) is 61.8 Å². The molecule has 0 N–H and O–H groups in total. The molecule has 0 aromatic heterocycles. The predicted molar refractivity (Wildman–Crippen MR) is 101 cm³/mol. The third-order valence-electron chi connectivity index (χ3n) is 4.57. The maximum Gasteiger partial charge on any atom is 0.237 e. The lowest BCUT2D eigenvalue weighted by Crippen LogP contribution is -2.49. The summed E-state index contributed by atoms with van der Waals surface area (Å²) in [7, 11) is -3.35. The van der Waals surface area contributed by atoms with Gasteiger partial charge in [-0.25, -0.2) is 12.8 Å². The van der Waals surface area contributed by atoms with Crippen LogP contribution < -0.4 is 0 Å². The molecule has 146 valence electrons. The number of rotatable bonds is 8. The van der Waals surface area contributed by atoms with E-state index in [1.807, 2.05) is 11.8 Å². The summed E-state index contributed by atoms with van der Waals surface area (Å²) in [5.41, 5.74) is 0.451. The quantitative estimate of drug-likeness (QED) is 0.625. The predicted octanol–water partition coefficient (Wildman–Crippen LogP) is 2.73. The van der Waals surface area contributed by atoms with Crippen molar-refractivity contribution in [3.63, 3.8) is 0 Å². The molecule has 0 atom stereocenters. The summed E-state index contributed by atoms with van der Waals surface area (Å²) in [6.45, 7) is 4.39. The number of halogens is 2. The molecule has 1 aliphatic rings. The van der Waals surface area contributed by atoms with Crippen LogP contribution in [-0.2, 0) is 21.2 Å². The van der Waals surface area contributed by atoms with Crippen LogP contribution in [0.2, 0.25) is 5.02 Å². The minimum atomic E-state index is -3.35. The molecule has 1 aliphatic heterocycles. The van der Waals surface area contributed by atoms with Gasteiger partial charge in [-0.1, -0.05) is 37.4 Å². The Balaban J connectivity index is 1.83. The normalized spacial score (nSPS) is 16.0. The van der Waals surface area contributed by atoms with E-state index in [1.54, 1.807) is 17.0 Å². The number of nitrogens with zero attached hydrogens (tertiary/aromatic N) is 2. The van der Waals surface area contributed by atoms with E-state index in [0.29, 0.717) is 49.7 Å². The number of benzene rings is 1. The molecule has 8 heteroatoms. The fraction of sp³-hybridized carbons (Fsp3) is 0.611. The highest BCUT2D eigenvalue weighted by Crippen LogP contribution is 2.21. The maximum atomic E-state index is 13.9. The minimum absolute atomic E-state index is 0.0678. The lowest BCUT2D eigenvalue weighted by Gasteiger charge is -2.35. The zero-order valence-corrected chi connectivity index (χ0v) is 16.7. The van der Waals surface area contributed by atoms with Crippen LogP contribution in [0.4, 0.5) is 4.39 Å². The van der Waals surface area contributed by atoms with Gasteiger partial charge in [0.05, 0.1) is 5.75 Å². The Kier molecular flexibility index (Phi) is 7.85. The van der Waals surface area contributed by atoms with Gasteiger partial charge in [0, 0.05) is 43.3 Å². The highest BCUT2D eigenvalue weighted by atomic mass is 35.5. The van der Waals surface area contributed by atoms with Gasteiger partial charge in [-0.05, 0) is 18.6 Å². The number of unbranched alkanes of at least 4 members (excludes halogenated alkanes) is 2. The largest absolute Gasteiger partial charge is 0.339 e. The molecule has 1 aromatic rings. The molecule has 0 saturated carbocycles. The van der Waals surface area contributed by atoms with Crippen molar-refractivity contribution >= 4 is 27.3 Å². The third kappa shape index (κ3) is 6.21. The Hall–Kier alpha value is -1.18. The molecule has 1 amide bonds. The lowest BCUT2D eigenvalue weighted by molar-refractivity contribution is -0.130. The average Bonchev–Trinajstić information content (AvgIpc) is 2.58. The van der Waals surface area contributed by atoms with Gasteiger partial charge in [0.1, 0.15) is 11.6 Å². The monoisotopic (exact) mass is 404 g/mol. The summed E-state index contributed by atoms with van der Waals surface area (Å²) in [6, 6.07) is 4.60. The standard InChI is InChI=1S/C18H26ClFN2O3S/c1-2-3-4-12-26(24,25)14-18(23)22-10-8-21(9-11-22)13-15-16(19)6-5-7-17(15)20/h5-7H,2-4,8-14H2,1H3. The fourth-order valence-corrected chi connectivity index (χ4v) is 4.56. The molecule has 1 saturated heterocycles. The zero-order chi connectivity index (χ0) is 19.2. The number of hydrogen-bond acceptors (Lipinski definition) is 4. The summed E-state index contributed by atoms with van der Waals surface area (Å²) in [4.78, 5) is 15.9. The number of sulfone groups is 1. The van der Waals surface area contributed by atoms with Gasteiger partial charge < -0.3 is 4.90 Å². The minimum Gasteiger partial charge on any atom is -0.339 e. The first-order chi connectivity index (χ1) is 12.3. The summed E-state index contributed by atoms with van der Waals surface area (Å²) in [5, 5.41) is 0.390. The lowest BCUT2D eigenvalue weighted by atomic mass is 10.2. The molecule has 26 heavy (non-hydrogen) atoms. The Bertz CT molecular complexity index is 699. The second-order valence-electron chi connectivity index (χ2n) is 6.66. The SMILES string of the molecule is CCCCCS(=O)(=O)CC(=O)N1CCN(Cc2c(F)cccc2Cl)CC1. The molecule has 1 fully saturated rings. The molecule has 2 rings (SSSR count). The molecule has 0 radical (unpaired) electrons. The smallest absolute Gasteiger partial charge is 0.237 e. The van der Waals surface area contributed by atoms with Gasteiger partial charge in [0.25, 0.3) is 0 Å². The first-order valence-corrected chi connectivity index (χ1v) is 11.2. The van der Waals surface area contributed by atoms with Gasteiger partial charge in [0.2, 0.25) is 5.91 Å². The van der Waals surface area contributed by atoms with Crippen LogP contribution in [0.3, 0.4) is 0 Å². The van der Waals surface area contributed by atoms with Crippen molar-refractivity contribution < 1.29 is 17.6 Å². The van der Waals surface area contributed by atoms with Gasteiger partial charge >= 0.3 is 0 Å². The molecular formula is C18H26ClFN2O3S. The molecule has 0 spiro atoms. The van der Waals surface area contributed by atoms with Gasteiger partial charge in [-0.3, -0.25) is 9.69 Å². The summed E-state index contributed by atoms with van der Waals surface area (Å²) in [5.74, 6) is -1.03. The molecule has 5 nitrogen and oxygen atoms in total. The van der Waals surface area contributed by atoms with Crippen molar-refractivity contribution in [3.8, 4) is 0 Å². The first-order valence-electron chi connectivity index (χ1n) is 8.96. The molecule has 1 heterocycles. The van der Waals surface area contributed by atoms with Crippen molar-refractivity contribution in [1.29, 1.82) is 0 Å². The number of carbonyl (C=O) groups excluding carboxylic acids is 1. The zero-order valence-electron chi connectivity index (χ0n) is 15.1. The van der Waals surface area contributed by atoms with Crippen molar-refractivity contribution in [2.45, 2.75) is 32.7 Å². The van der Waals surface area contributed by atoms with E-state index in [1.165, 1.54) is 6.07 Å². The van der Waals surface area contributed by atoms with Crippen molar-refractivity contribution in [3.05, 3.63) is 34.6 Å². The number of hydrogen-bond donors (Lipinski definition) is 0. The number of piperazine rings is 1. The molecule has 0 bridgehead atoms. The molecule has 0 aliphatic carbocycles. The second kappa shape index (κ2) is 9.67. The van der Waals surface area contributed by atoms with Crippen LogP contribution in [0.5, 0.6) is 0 Å². The maximum absolute atomic E-state index is 13.9. The molecule has 0 unspecified atom stereocenters. The van der Waals surface area contributed by atoms with Crippen LogP contribution in [0.1, 0.15) is 31.7 Å². The third-order valence-corrected chi connectivity index (χ3v) is 6.52. The van der Waals surface area contributed by atoms with Crippen LogP contribution in [0, 0.1) is 5.82 Å². The van der Waals surface area contributed by atoms with Gasteiger partial charge in [-0.2, -0.15) is 0 Å². The summed E-state index contributed by atoms with van der Waals surface area (Å²) in [6.07, 6.45) is 2.39. The van der Waals surface area contributed by atoms with Crippen molar-refractivity contribution in [2.75, 3.05) is 37.7 Å². The number of amides is 1. The van der Waals surface area contributed by atoms with E-state index in [9.17, 15) is 17.6 Å². The molecule has 1 aromatic carbocycles. The molecular weight excluding hydrogens is 379 g/mol. The highest BCUT2D eigenvalue weighted by Gasteiger charge is 2.25. The average molecular weight is 405 g/mol. The number of carbonyl (C=O) groups is 1. The van der Waals surface area contributed by atoms with E-state index >= 15 is 0 Å². The Morgan fingerprint density at radius 1 is 1.19 bits per heavy atom. The van der Waals surface area contributed by atoms with Crippen LogP contribution >= 0.6 is 11.6 Å². The Labute approximate surface area is 160 Å². The fourth-order valence-electron chi connectivity index (χ4n) is 2.99. The van der Waals surface area contributed by atoms with Gasteiger partial charge in [-0.15, -0.1) is 0 Å². The van der Waals surface area contributed by atoms with E-state index < -0.39 is 15.6 Å². The highest BCUT2D eigenvalue weighted by molar-refractivity contribution is 7.92.